The predicted molar refractivity (Wildman–Crippen MR) is 119 cm³/mol. The van der Waals surface area contributed by atoms with Gasteiger partial charge in [-0.1, -0.05) is 6.07 Å². The molecule has 3 N–H and O–H groups in total. The number of imidazole rings is 1. The fourth-order valence-corrected chi connectivity index (χ4v) is 4.60. The number of fused-ring (bicyclic) bond motifs is 2. The highest BCUT2D eigenvalue weighted by Gasteiger charge is 2.29. The van der Waals surface area contributed by atoms with Crippen molar-refractivity contribution in [2.75, 3.05) is 5.32 Å². The number of benzene rings is 1. The molecule has 8 heteroatoms. The number of nitrogens with zero attached hydrogens (tertiary/aromatic N) is 5. The minimum atomic E-state index is -0.194. The monoisotopic (exact) mass is 417 g/mol. The van der Waals surface area contributed by atoms with E-state index < -0.39 is 0 Å². The van der Waals surface area contributed by atoms with E-state index >= 15 is 0 Å². The molecule has 0 spiro atoms. The van der Waals surface area contributed by atoms with Crippen LogP contribution in [0.2, 0.25) is 0 Å². The summed E-state index contributed by atoms with van der Waals surface area (Å²) in [7, 11) is 0. The highest BCUT2D eigenvalue weighted by Crippen LogP contribution is 2.40. The maximum absolute atomic E-state index is 9.92. The van der Waals surface area contributed by atoms with Gasteiger partial charge < -0.3 is 15.4 Å². The molecule has 31 heavy (non-hydrogen) atoms. The minimum absolute atomic E-state index is 0.194. The number of aromatic nitrogens is 6. The molecule has 0 aliphatic heterocycles. The number of H-pyrrole nitrogens is 1. The van der Waals surface area contributed by atoms with E-state index in [2.05, 4.69) is 34.3 Å². The van der Waals surface area contributed by atoms with Crippen molar-refractivity contribution in [1.29, 1.82) is 0 Å². The van der Waals surface area contributed by atoms with Crippen LogP contribution in [0.25, 0.3) is 22.2 Å². The molecular weight excluding hydrogens is 390 g/mol. The summed E-state index contributed by atoms with van der Waals surface area (Å²) in [6.45, 7) is 2.62. The van der Waals surface area contributed by atoms with E-state index in [1.54, 1.807) is 0 Å². The molecule has 160 valence electrons. The van der Waals surface area contributed by atoms with Gasteiger partial charge in [-0.2, -0.15) is 5.10 Å². The van der Waals surface area contributed by atoms with E-state index in [-0.39, 0.29) is 12.1 Å². The lowest BCUT2D eigenvalue weighted by Crippen LogP contribution is -2.22. The van der Waals surface area contributed by atoms with Gasteiger partial charge in [0.2, 0.25) is 0 Å². The lowest BCUT2D eigenvalue weighted by molar-refractivity contribution is 0.109. The number of aromatic amines is 1. The third-order valence-corrected chi connectivity index (χ3v) is 6.54. The molecule has 2 fully saturated rings. The van der Waals surface area contributed by atoms with Crippen LogP contribution in [0.15, 0.2) is 24.4 Å². The lowest BCUT2D eigenvalue weighted by atomic mass is 9.93. The molecule has 0 unspecified atom stereocenters. The van der Waals surface area contributed by atoms with Crippen molar-refractivity contribution in [3.63, 3.8) is 0 Å². The second-order valence-electron chi connectivity index (χ2n) is 9.05. The molecule has 0 amide bonds. The molecule has 1 aromatic carbocycles. The molecule has 0 bridgehead atoms. The quantitative estimate of drug-likeness (QED) is 0.454. The first-order valence-corrected chi connectivity index (χ1v) is 11.3. The van der Waals surface area contributed by atoms with Gasteiger partial charge in [-0.25, -0.2) is 19.6 Å². The zero-order valence-corrected chi connectivity index (χ0v) is 17.7. The van der Waals surface area contributed by atoms with Crippen molar-refractivity contribution in [1.82, 2.24) is 29.7 Å². The number of anilines is 1. The number of aliphatic hydroxyl groups is 1. The summed E-state index contributed by atoms with van der Waals surface area (Å²) in [6.07, 6.45) is 7.55. The third-order valence-electron chi connectivity index (χ3n) is 6.54. The third kappa shape index (κ3) is 3.54. The summed E-state index contributed by atoms with van der Waals surface area (Å²) in [5, 5.41) is 18.3. The largest absolute Gasteiger partial charge is 0.393 e. The minimum Gasteiger partial charge on any atom is -0.393 e. The summed E-state index contributed by atoms with van der Waals surface area (Å²) in [6, 6.07) is 6.47. The zero-order valence-electron chi connectivity index (χ0n) is 17.7. The molecule has 0 saturated heterocycles. The van der Waals surface area contributed by atoms with E-state index in [1.807, 2.05) is 16.9 Å². The van der Waals surface area contributed by atoms with Crippen LogP contribution < -0.4 is 5.32 Å². The summed E-state index contributed by atoms with van der Waals surface area (Å²) in [5.74, 6) is 2.16. The number of hydrogen-bond acceptors (Lipinski definition) is 6. The van der Waals surface area contributed by atoms with Crippen LogP contribution in [-0.4, -0.2) is 40.9 Å². The van der Waals surface area contributed by atoms with Crippen LogP contribution in [0.5, 0.6) is 0 Å². The van der Waals surface area contributed by atoms with Crippen molar-refractivity contribution >= 4 is 28.0 Å². The smallest absolute Gasteiger partial charge is 0.179 e. The van der Waals surface area contributed by atoms with E-state index in [9.17, 15) is 5.11 Å². The molecule has 8 nitrogen and oxygen atoms in total. The van der Waals surface area contributed by atoms with Crippen molar-refractivity contribution in [2.45, 2.75) is 70.1 Å². The normalized spacial score (nSPS) is 21.7. The maximum atomic E-state index is 9.92. The van der Waals surface area contributed by atoms with Crippen LogP contribution in [-0.2, 0) is 6.54 Å². The Labute approximate surface area is 180 Å². The Morgan fingerprint density at radius 2 is 1.97 bits per heavy atom. The Morgan fingerprint density at radius 1 is 1.13 bits per heavy atom. The zero-order chi connectivity index (χ0) is 20.9. The van der Waals surface area contributed by atoms with Gasteiger partial charge in [-0.05, 0) is 63.1 Å². The molecule has 2 aliphatic carbocycles. The first kappa shape index (κ1) is 18.7. The van der Waals surface area contributed by atoms with Gasteiger partial charge in [0.25, 0.3) is 0 Å². The maximum Gasteiger partial charge on any atom is 0.179 e. The summed E-state index contributed by atoms with van der Waals surface area (Å²) >= 11 is 0. The number of rotatable bonds is 5. The fraction of sp³-hybridized carbons (Fsp3) is 0.478. The Kier molecular flexibility index (Phi) is 4.41. The first-order valence-electron chi connectivity index (χ1n) is 11.3. The van der Waals surface area contributed by atoms with Crippen molar-refractivity contribution in [3.8, 4) is 0 Å². The molecular formula is C23H27N7O. The second-order valence-corrected chi connectivity index (χ2v) is 9.05. The second kappa shape index (κ2) is 7.30. The van der Waals surface area contributed by atoms with Crippen LogP contribution in [0.3, 0.4) is 0 Å². The number of hydrogen-bond donors (Lipinski definition) is 3. The average Bonchev–Trinajstić information content (AvgIpc) is 3.45. The van der Waals surface area contributed by atoms with Crippen molar-refractivity contribution in [2.24, 2.45) is 0 Å². The van der Waals surface area contributed by atoms with Crippen LogP contribution in [0.4, 0.5) is 5.82 Å². The number of nitrogens with one attached hydrogen (secondary N) is 2. The van der Waals surface area contributed by atoms with Gasteiger partial charge in [0.15, 0.2) is 17.0 Å². The number of aliphatic hydroxyl groups excluding tert-OH is 1. The fourth-order valence-electron chi connectivity index (χ4n) is 4.60. The summed E-state index contributed by atoms with van der Waals surface area (Å²) < 4.78 is 2.05. The SMILES string of the molecule is Cc1ccc2nc(CNc3nn(C4CCC(O)CC4)c4nc(C5CC5)cnc34)[nH]c2c1. The van der Waals surface area contributed by atoms with Gasteiger partial charge in [-0.3, -0.25) is 0 Å². The Hall–Kier alpha value is -3.00. The van der Waals surface area contributed by atoms with Crippen LogP contribution >= 0.6 is 0 Å². The first-order chi connectivity index (χ1) is 15.1. The lowest BCUT2D eigenvalue weighted by Gasteiger charge is -2.25. The predicted octanol–water partition coefficient (Wildman–Crippen LogP) is 3.98. The molecule has 3 aromatic heterocycles. The van der Waals surface area contributed by atoms with Crippen LogP contribution in [0.1, 0.15) is 67.6 Å². The molecule has 2 aliphatic rings. The average molecular weight is 418 g/mol. The highest BCUT2D eigenvalue weighted by molar-refractivity contribution is 5.83. The van der Waals surface area contributed by atoms with Gasteiger partial charge in [0.05, 0.1) is 35.4 Å². The Balaban J connectivity index is 1.32. The van der Waals surface area contributed by atoms with Gasteiger partial charge in [0, 0.05) is 12.1 Å². The number of aryl methyl sites for hydroxylation is 1. The standard InChI is InChI=1S/C23H27N7O/c1-13-2-9-17-18(10-13)27-20(26-17)12-25-22-21-23(28-19(11-24-21)14-3-4-14)30(29-22)15-5-7-16(31)8-6-15/h2,9-11,14-16,31H,3-8,12H2,1H3,(H,25,29)(H,26,27). The van der Waals surface area contributed by atoms with E-state index in [4.69, 9.17) is 15.1 Å². The van der Waals surface area contributed by atoms with Crippen LogP contribution in [0, 0.1) is 6.92 Å². The van der Waals surface area contributed by atoms with Gasteiger partial charge in [-0.15, -0.1) is 0 Å². The van der Waals surface area contributed by atoms with E-state index in [0.29, 0.717) is 12.5 Å². The summed E-state index contributed by atoms with van der Waals surface area (Å²) in [5.41, 5.74) is 5.95. The van der Waals surface area contributed by atoms with Gasteiger partial charge in [0.1, 0.15) is 5.82 Å². The van der Waals surface area contributed by atoms with Crippen molar-refractivity contribution in [3.05, 3.63) is 41.5 Å². The topological polar surface area (TPSA) is 105 Å². The van der Waals surface area contributed by atoms with E-state index in [0.717, 1.165) is 65.2 Å². The molecule has 6 rings (SSSR count). The molecule has 0 atom stereocenters. The molecule has 2 saturated carbocycles. The molecule has 4 aromatic rings. The molecule has 3 heterocycles. The highest BCUT2D eigenvalue weighted by atomic mass is 16.3. The Morgan fingerprint density at radius 3 is 2.77 bits per heavy atom. The Bertz CT molecular complexity index is 1250. The van der Waals surface area contributed by atoms with E-state index in [1.165, 1.54) is 18.4 Å². The summed E-state index contributed by atoms with van der Waals surface area (Å²) in [4.78, 5) is 17.8. The van der Waals surface area contributed by atoms with Gasteiger partial charge >= 0.3 is 0 Å². The molecule has 0 radical (unpaired) electrons. The van der Waals surface area contributed by atoms with Crippen molar-refractivity contribution < 1.29 is 5.11 Å².